The lowest BCUT2D eigenvalue weighted by molar-refractivity contribution is -0.118. The third kappa shape index (κ3) is 3.62. The average Bonchev–Trinajstić information content (AvgIpc) is 3.01. The summed E-state index contributed by atoms with van der Waals surface area (Å²) in [6.45, 7) is 6.38. The van der Waals surface area contributed by atoms with E-state index in [2.05, 4.69) is 25.2 Å². The zero-order chi connectivity index (χ0) is 17.1. The first-order chi connectivity index (χ1) is 11.5. The van der Waals surface area contributed by atoms with Gasteiger partial charge in [0.15, 0.2) is 18.1 Å². The maximum Gasteiger partial charge on any atom is 0.262 e. The summed E-state index contributed by atoms with van der Waals surface area (Å²) in [5.41, 5.74) is 2.85. The number of carbonyl (C=O) groups excluding carboxylic acids is 1. The molecule has 126 valence electrons. The molecule has 5 nitrogen and oxygen atoms in total. The molecule has 2 aromatic rings. The van der Waals surface area contributed by atoms with Gasteiger partial charge in [0.25, 0.3) is 5.91 Å². The molecule has 0 saturated carbocycles. The number of hydrogen-bond acceptors (Lipinski definition) is 4. The molecule has 2 aromatic carbocycles. The molecule has 1 aliphatic heterocycles. The van der Waals surface area contributed by atoms with Gasteiger partial charge in [0, 0.05) is 11.8 Å². The topological polar surface area (TPSA) is 56.8 Å². The highest BCUT2D eigenvalue weighted by Gasteiger charge is 2.14. The zero-order valence-electron chi connectivity index (χ0n) is 14.1. The Kier molecular flexibility index (Phi) is 4.60. The highest BCUT2D eigenvalue weighted by Crippen LogP contribution is 2.34. The fraction of sp³-hybridized carbons (Fsp3) is 0.316. The number of nitrogens with one attached hydrogen (secondary N) is 1. The van der Waals surface area contributed by atoms with Crippen LogP contribution in [0.15, 0.2) is 36.4 Å². The number of amides is 1. The molecule has 0 bridgehead atoms. The minimum Gasteiger partial charge on any atom is -0.483 e. The van der Waals surface area contributed by atoms with Crippen molar-refractivity contribution >= 4 is 11.6 Å². The zero-order valence-corrected chi connectivity index (χ0v) is 14.1. The van der Waals surface area contributed by atoms with Crippen molar-refractivity contribution in [3.63, 3.8) is 0 Å². The van der Waals surface area contributed by atoms with E-state index in [1.807, 2.05) is 19.1 Å². The smallest absolute Gasteiger partial charge is 0.262 e. The number of rotatable bonds is 5. The summed E-state index contributed by atoms with van der Waals surface area (Å²) in [6, 6.07) is 11.4. The molecule has 0 atom stereocenters. The van der Waals surface area contributed by atoms with Crippen molar-refractivity contribution in [2.24, 2.45) is 0 Å². The first-order valence-electron chi connectivity index (χ1n) is 7.96. The molecule has 1 amide bonds. The van der Waals surface area contributed by atoms with Gasteiger partial charge in [-0.25, -0.2) is 0 Å². The van der Waals surface area contributed by atoms with Crippen molar-refractivity contribution in [2.75, 3.05) is 18.7 Å². The number of benzene rings is 2. The van der Waals surface area contributed by atoms with E-state index in [4.69, 9.17) is 14.2 Å². The predicted octanol–water partition coefficient (Wildman–Crippen LogP) is 3.86. The number of hydrogen-bond donors (Lipinski definition) is 1. The van der Waals surface area contributed by atoms with Crippen LogP contribution in [0.4, 0.5) is 5.69 Å². The molecule has 1 heterocycles. The highest BCUT2D eigenvalue weighted by molar-refractivity contribution is 5.92. The lowest BCUT2D eigenvalue weighted by atomic mass is 10.0. The Morgan fingerprint density at radius 2 is 1.96 bits per heavy atom. The predicted molar refractivity (Wildman–Crippen MR) is 92.0 cm³/mol. The summed E-state index contributed by atoms with van der Waals surface area (Å²) in [7, 11) is 0. The molecular weight excluding hydrogens is 306 g/mol. The largest absolute Gasteiger partial charge is 0.483 e. The van der Waals surface area contributed by atoms with Crippen LogP contribution in [0.1, 0.15) is 30.9 Å². The first kappa shape index (κ1) is 16.2. The van der Waals surface area contributed by atoms with Crippen molar-refractivity contribution in [3.05, 3.63) is 47.5 Å². The van der Waals surface area contributed by atoms with Gasteiger partial charge >= 0.3 is 0 Å². The quantitative estimate of drug-likeness (QED) is 0.906. The molecule has 24 heavy (non-hydrogen) atoms. The lowest BCUT2D eigenvalue weighted by Crippen LogP contribution is -2.20. The monoisotopic (exact) mass is 327 g/mol. The van der Waals surface area contributed by atoms with Crippen molar-refractivity contribution in [3.8, 4) is 17.2 Å². The van der Waals surface area contributed by atoms with Crippen molar-refractivity contribution < 1.29 is 19.0 Å². The number of anilines is 1. The first-order valence-corrected chi connectivity index (χ1v) is 7.96. The third-order valence-corrected chi connectivity index (χ3v) is 3.89. The van der Waals surface area contributed by atoms with E-state index in [1.54, 1.807) is 18.2 Å². The lowest BCUT2D eigenvalue weighted by Gasteiger charge is -2.13. The van der Waals surface area contributed by atoms with Crippen LogP contribution >= 0.6 is 0 Å². The molecule has 0 spiro atoms. The van der Waals surface area contributed by atoms with Gasteiger partial charge in [-0.05, 0) is 42.2 Å². The molecule has 0 aromatic heterocycles. The minimum atomic E-state index is -0.219. The molecule has 0 radical (unpaired) electrons. The van der Waals surface area contributed by atoms with Gasteiger partial charge < -0.3 is 19.5 Å². The van der Waals surface area contributed by atoms with Crippen molar-refractivity contribution in [2.45, 2.75) is 26.7 Å². The van der Waals surface area contributed by atoms with Gasteiger partial charge in [-0.2, -0.15) is 0 Å². The van der Waals surface area contributed by atoms with Gasteiger partial charge in [-0.1, -0.05) is 26.0 Å². The average molecular weight is 327 g/mol. The van der Waals surface area contributed by atoms with E-state index in [-0.39, 0.29) is 19.3 Å². The molecule has 0 unspecified atom stereocenters. The van der Waals surface area contributed by atoms with E-state index < -0.39 is 0 Å². The fourth-order valence-corrected chi connectivity index (χ4v) is 2.45. The highest BCUT2D eigenvalue weighted by atomic mass is 16.7. The molecular formula is C19H21NO4. The van der Waals surface area contributed by atoms with E-state index in [0.717, 1.165) is 11.3 Å². The molecule has 3 rings (SSSR count). The van der Waals surface area contributed by atoms with Crippen LogP contribution in [0.5, 0.6) is 17.2 Å². The van der Waals surface area contributed by atoms with Crippen molar-refractivity contribution in [1.29, 1.82) is 0 Å². The van der Waals surface area contributed by atoms with E-state index in [9.17, 15) is 4.79 Å². The normalized spacial score (nSPS) is 12.3. The summed E-state index contributed by atoms with van der Waals surface area (Å²) >= 11 is 0. The number of aryl methyl sites for hydroxylation is 1. The Morgan fingerprint density at radius 3 is 2.75 bits per heavy atom. The van der Waals surface area contributed by atoms with E-state index in [1.165, 1.54) is 5.56 Å². The second-order valence-corrected chi connectivity index (χ2v) is 6.08. The Labute approximate surface area is 141 Å². The summed E-state index contributed by atoms with van der Waals surface area (Å²) in [6.07, 6.45) is 0. The SMILES string of the molecule is Cc1ccc(C(C)C)cc1OCC(=O)Nc1ccc2c(c1)OCO2. The summed E-state index contributed by atoms with van der Waals surface area (Å²) in [5, 5.41) is 2.80. The Balaban J connectivity index is 1.61. The maximum atomic E-state index is 12.1. The molecule has 1 aliphatic rings. The third-order valence-electron chi connectivity index (χ3n) is 3.89. The number of ether oxygens (including phenoxy) is 3. The van der Waals surface area contributed by atoms with Crippen LogP contribution in [0, 0.1) is 6.92 Å². The van der Waals surface area contributed by atoms with Gasteiger partial charge in [0.1, 0.15) is 5.75 Å². The fourth-order valence-electron chi connectivity index (χ4n) is 2.45. The van der Waals surface area contributed by atoms with Crippen LogP contribution in [0.2, 0.25) is 0 Å². The number of carbonyl (C=O) groups is 1. The van der Waals surface area contributed by atoms with Gasteiger partial charge in [-0.3, -0.25) is 4.79 Å². The van der Waals surface area contributed by atoms with Gasteiger partial charge in [0.2, 0.25) is 6.79 Å². The van der Waals surface area contributed by atoms with Crippen molar-refractivity contribution in [1.82, 2.24) is 0 Å². The van der Waals surface area contributed by atoms with Crippen LogP contribution in [0.25, 0.3) is 0 Å². The Bertz CT molecular complexity index is 755. The minimum absolute atomic E-state index is 0.0448. The molecule has 0 fully saturated rings. The molecule has 1 N–H and O–H groups in total. The van der Waals surface area contributed by atoms with E-state index >= 15 is 0 Å². The van der Waals surface area contributed by atoms with Crippen LogP contribution in [-0.2, 0) is 4.79 Å². The standard InChI is InChI=1S/C19H21NO4/c1-12(2)14-5-4-13(3)17(8-14)22-10-19(21)20-15-6-7-16-18(9-15)24-11-23-16/h4-9,12H,10-11H2,1-3H3,(H,20,21). The summed E-state index contributed by atoms with van der Waals surface area (Å²) in [4.78, 5) is 12.1. The Hall–Kier alpha value is -2.69. The van der Waals surface area contributed by atoms with Crippen LogP contribution in [0.3, 0.4) is 0 Å². The van der Waals surface area contributed by atoms with Crippen LogP contribution in [-0.4, -0.2) is 19.3 Å². The van der Waals surface area contributed by atoms with Gasteiger partial charge in [0.05, 0.1) is 0 Å². The van der Waals surface area contributed by atoms with Crippen LogP contribution < -0.4 is 19.5 Å². The number of fused-ring (bicyclic) bond motifs is 1. The van der Waals surface area contributed by atoms with E-state index in [0.29, 0.717) is 23.1 Å². The van der Waals surface area contributed by atoms with Gasteiger partial charge in [-0.15, -0.1) is 0 Å². The molecule has 0 aliphatic carbocycles. The second kappa shape index (κ2) is 6.83. The molecule has 5 heteroatoms. The maximum absolute atomic E-state index is 12.1. The summed E-state index contributed by atoms with van der Waals surface area (Å²) in [5.74, 6) is 2.25. The second-order valence-electron chi connectivity index (χ2n) is 6.08. The summed E-state index contributed by atoms with van der Waals surface area (Å²) < 4.78 is 16.2. The molecule has 0 saturated heterocycles. The Morgan fingerprint density at radius 1 is 1.17 bits per heavy atom.